The molecule has 0 aliphatic carbocycles. The summed E-state index contributed by atoms with van der Waals surface area (Å²) in [5.74, 6) is 0. The van der Waals surface area contributed by atoms with Gasteiger partial charge in [0.1, 0.15) is 0 Å². The SMILES string of the molecule is CC.N=Cc1nc(Cl)nc2ccccc12. The lowest BCUT2D eigenvalue weighted by Gasteiger charge is -1.99. The second-order valence-corrected chi connectivity index (χ2v) is 2.88. The molecule has 0 saturated carbocycles. The normalized spacial score (nSPS) is 9.27. The van der Waals surface area contributed by atoms with Crippen LogP contribution in [0.2, 0.25) is 5.28 Å². The van der Waals surface area contributed by atoms with Crippen molar-refractivity contribution in [2.45, 2.75) is 13.8 Å². The number of hydrogen-bond acceptors (Lipinski definition) is 3. The van der Waals surface area contributed by atoms with E-state index >= 15 is 0 Å². The number of fused-ring (bicyclic) bond motifs is 1. The summed E-state index contributed by atoms with van der Waals surface area (Å²) in [4.78, 5) is 7.97. The third-order valence-electron chi connectivity index (χ3n) is 1.74. The molecule has 3 nitrogen and oxygen atoms in total. The summed E-state index contributed by atoms with van der Waals surface area (Å²) in [6, 6.07) is 7.47. The Bertz CT molecular complexity index is 468. The molecule has 0 radical (unpaired) electrons. The van der Waals surface area contributed by atoms with Gasteiger partial charge in [-0.05, 0) is 17.7 Å². The topological polar surface area (TPSA) is 49.6 Å². The lowest BCUT2D eigenvalue weighted by atomic mass is 10.2. The number of para-hydroxylation sites is 1. The molecule has 0 fully saturated rings. The van der Waals surface area contributed by atoms with Crippen molar-refractivity contribution >= 4 is 28.7 Å². The van der Waals surface area contributed by atoms with Crippen LogP contribution in [0.3, 0.4) is 0 Å². The average molecular weight is 222 g/mol. The van der Waals surface area contributed by atoms with E-state index in [2.05, 4.69) is 9.97 Å². The zero-order valence-electron chi connectivity index (χ0n) is 8.66. The molecule has 0 bridgehead atoms. The van der Waals surface area contributed by atoms with Crippen LogP contribution in [-0.2, 0) is 0 Å². The van der Waals surface area contributed by atoms with Crippen molar-refractivity contribution in [3.05, 3.63) is 35.2 Å². The Hall–Kier alpha value is -1.48. The first-order valence-electron chi connectivity index (χ1n) is 4.74. The number of rotatable bonds is 1. The Morgan fingerprint density at radius 2 is 1.87 bits per heavy atom. The van der Waals surface area contributed by atoms with Gasteiger partial charge in [0.25, 0.3) is 0 Å². The van der Waals surface area contributed by atoms with E-state index < -0.39 is 0 Å². The zero-order valence-corrected chi connectivity index (χ0v) is 9.42. The van der Waals surface area contributed by atoms with E-state index in [4.69, 9.17) is 17.0 Å². The van der Waals surface area contributed by atoms with Gasteiger partial charge in [-0.3, -0.25) is 0 Å². The number of nitrogens with zero attached hydrogens (tertiary/aromatic N) is 2. The van der Waals surface area contributed by atoms with E-state index in [-0.39, 0.29) is 5.28 Å². The second-order valence-electron chi connectivity index (χ2n) is 2.54. The van der Waals surface area contributed by atoms with Crippen LogP contribution >= 0.6 is 11.6 Å². The fourth-order valence-corrected chi connectivity index (χ4v) is 1.36. The monoisotopic (exact) mass is 221 g/mol. The summed E-state index contributed by atoms with van der Waals surface area (Å²) in [7, 11) is 0. The molecule has 1 heterocycles. The maximum absolute atomic E-state index is 7.15. The standard InChI is InChI=1S/C9H6ClN3.C2H6/c10-9-12-7-4-2-1-3-6(7)8(5-11)13-9;1-2/h1-5,11H;1-2H3. The minimum atomic E-state index is 0.178. The fraction of sp³-hybridized carbons (Fsp3) is 0.182. The summed E-state index contributed by atoms with van der Waals surface area (Å²) < 4.78 is 0. The van der Waals surface area contributed by atoms with Gasteiger partial charge in [0.2, 0.25) is 5.28 Å². The Morgan fingerprint density at radius 1 is 1.20 bits per heavy atom. The van der Waals surface area contributed by atoms with Crippen LogP contribution in [0.1, 0.15) is 19.5 Å². The highest BCUT2D eigenvalue weighted by molar-refractivity contribution is 6.28. The molecule has 0 spiro atoms. The predicted octanol–water partition coefficient (Wildman–Crippen LogP) is 3.31. The van der Waals surface area contributed by atoms with Crippen LogP contribution in [0.5, 0.6) is 0 Å². The van der Waals surface area contributed by atoms with Crippen LogP contribution in [0.15, 0.2) is 24.3 Å². The molecule has 0 aliphatic rings. The Labute approximate surface area is 93.6 Å². The minimum absolute atomic E-state index is 0.178. The summed E-state index contributed by atoms with van der Waals surface area (Å²) in [6.45, 7) is 4.00. The smallest absolute Gasteiger partial charge is 0.223 e. The lowest BCUT2D eigenvalue weighted by molar-refractivity contribution is 1.21. The molecule has 0 unspecified atom stereocenters. The van der Waals surface area contributed by atoms with E-state index in [0.29, 0.717) is 5.69 Å². The van der Waals surface area contributed by atoms with Crippen molar-refractivity contribution in [1.82, 2.24) is 9.97 Å². The van der Waals surface area contributed by atoms with E-state index in [9.17, 15) is 0 Å². The van der Waals surface area contributed by atoms with Crippen molar-refractivity contribution in [3.8, 4) is 0 Å². The largest absolute Gasteiger partial charge is 0.306 e. The Balaban J connectivity index is 0.000000531. The number of aromatic nitrogens is 2. The van der Waals surface area contributed by atoms with Gasteiger partial charge in [-0.1, -0.05) is 32.0 Å². The van der Waals surface area contributed by atoms with Crippen LogP contribution in [0.4, 0.5) is 0 Å². The average Bonchev–Trinajstić information content (AvgIpc) is 2.30. The molecule has 1 N–H and O–H groups in total. The first kappa shape index (κ1) is 11.6. The highest BCUT2D eigenvalue weighted by Crippen LogP contribution is 2.15. The van der Waals surface area contributed by atoms with Gasteiger partial charge < -0.3 is 5.41 Å². The van der Waals surface area contributed by atoms with Gasteiger partial charge in [0.15, 0.2) is 0 Å². The molecular formula is C11H12ClN3. The van der Waals surface area contributed by atoms with E-state index in [1.807, 2.05) is 38.1 Å². The van der Waals surface area contributed by atoms with Gasteiger partial charge in [-0.2, -0.15) is 0 Å². The second kappa shape index (κ2) is 5.41. The molecule has 4 heteroatoms. The Kier molecular flexibility index (Phi) is 4.18. The minimum Gasteiger partial charge on any atom is -0.306 e. The van der Waals surface area contributed by atoms with Crippen LogP contribution in [0, 0.1) is 5.41 Å². The van der Waals surface area contributed by atoms with Crippen molar-refractivity contribution in [1.29, 1.82) is 5.41 Å². The van der Waals surface area contributed by atoms with Gasteiger partial charge in [-0.15, -0.1) is 0 Å². The maximum Gasteiger partial charge on any atom is 0.223 e. The molecule has 0 aliphatic heterocycles. The number of hydrogen-bond donors (Lipinski definition) is 1. The number of benzene rings is 1. The molecule has 2 rings (SSSR count). The van der Waals surface area contributed by atoms with Crippen molar-refractivity contribution in [2.24, 2.45) is 0 Å². The molecule has 0 atom stereocenters. The molecular weight excluding hydrogens is 210 g/mol. The summed E-state index contributed by atoms with van der Waals surface area (Å²) in [5.41, 5.74) is 1.32. The first-order chi connectivity index (χ1) is 7.31. The fourth-order valence-electron chi connectivity index (χ4n) is 1.18. The molecule has 1 aromatic heterocycles. The van der Waals surface area contributed by atoms with Gasteiger partial charge in [0.05, 0.1) is 11.2 Å². The van der Waals surface area contributed by atoms with Gasteiger partial charge in [-0.25, -0.2) is 9.97 Å². The lowest BCUT2D eigenvalue weighted by Crippen LogP contribution is -1.92. The number of halogens is 1. The maximum atomic E-state index is 7.15. The van der Waals surface area contributed by atoms with E-state index in [1.54, 1.807) is 0 Å². The zero-order chi connectivity index (χ0) is 11.3. The van der Waals surface area contributed by atoms with E-state index in [1.165, 1.54) is 6.21 Å². The van der Waals surface area contributed by atoms with E-state index in [0.717, 1.165) is 10.9 Å². The predicted molar refractivity (Wildman–Crippen MR) is 63.8 cm³/mol. The van der Waals surface area contributed by atoms with Crippen molar-refractivity contribution < 1.29 is 0 Å². The molecule has 78 valence electrons. The van der Waals surface area contributed by atoms with Crippen LogP contribution in [0.25, 0.3) is 10.9 Å². The Morgan fingerprint density at radius 3 is 2.53 bits per heavy atom. The molecule has 0 saturated heterocycles. The molecule has 0 amide bonds. The van der Waals surface area contributed by atoms with Gasteiger partial charge >= 0.3 is 0 Å². The highest BCUT2D eigenvalue weighted by atomic mass is 35.5. The summed E-state index contributed by atoms with van der Waals surface area (Å²) in [5, 5.41) is 8.18. The molecule has 15 heavy (non-hydrogen) atoms. The van der Waals surface area contributed by atoms with Crippen molar-refractivity contribution in [3.63, 3.8) is 0 Å². The van der Waals surface area contributed by atoms with Crippen LogP contribution in [-0.4, -0.2) is 16.2 Å². The first-order valence-corrected chi connectivity index (χ1v) is 5.12. The van der Waals surface area contributed by atoms with Crippen molar-refractivity contribution in [2.75, 3.05) is 0 Å². The van der Waals surface area contributed by atoms with Crippen LogP contribution < -0.4 is 0 Å². The number of nitrogens with one attached hydrogen (secondary N) is 1. The molecule has 2 aromatic rings. The third-order valence-corrected chi connectivity index (χ3v) is 1.91. The molecule has 1 aromatic carbocycles. The summed E-state index contributed by atoms with van der Waals surface area (Å²) >= 11 is 5.68. The highest BCUT2D eigenvalue weighted by Gasteiger charge is 2.02. The third kappa shape index (κ3) is 2.50. The van der Waals surface area contributed by atoms with Gasteiger partial charge in [0, 0.05) is 11.6 Å². The summed E-state index contributed by atoms with van der Waals surface area (Å²) in [6.07, 6.45) is 1.18. The quantitative estimate of drug-likeness (QED) is 0.593.